The zero-order valence-electron chi connectivity index (χ0n) is 22.0. The van der Waals surface area contributed by atoms with Crippen LogP contribution in [0, 0.1) is 26.6 Å². The first-order chi connectivity index (χ1) is 18.5. The van der Waals surface area contributed by atoms with Gasteiger partial charge in [0.15, 0.2) is 0 Å². The van der Waals surface area contributed by atoms with Gasteiger partial charge in [0.05, 0.1) is 13.2 Å². The molecule has 0 fully saturated rings. The highest BCUT2D eigenvalue weighted by Crippen LogP contribution is 2.36. The van der Waals surface area contributed by atoms with Crippen molar-refractivity contribution in [2.75, 3.05) is 6.26 Å². The van der Waals surface area contributed by atoms with Crippen LogP contribution in [0.5, 0.6) is 0 Å². The number of benzene rings is 3. The quantitative estimate of drug-likeness (QED) is 0.122. The molecule has 3 aromatic carbocycles. The van der Waals surface area contributed by atoms with Crippen molar-refractivity contribution in [1.82, 2.24) is 4.31 Å². The first-order valence-corrected chi connectivity index (χ1v) is 14.2. The maximum atomic E-state index is 14.6. The van der Waals surface area contributed by atoms with E-state index < -0.39 is 17.8 Å². The van der Waals surface area contributed by atoms with Crippen LogP contribution >= 0.6 is 23.7 Å². The Labute approximate surface area is 234 Å². The van der Waals surface area contributed by atoms with E-state index >= 15 is 0 Å². The molecule has 0 atom stereocenters. The Morgan fingerprint density at radius 2 is 1.54 bits per heavy atom. The normalized spacial score (nSPS) is 11.9. The van der Waals surface area contributed by atoms with Crippen LogP contribution in [0.25, 0.3) is 11.1 Å². The van der Waals surface area contributed by atoms with Gasteiger partial charge in [-0.2, -0.15) is 13.2 Å². The van der Waals surface area contributed by atoms with Crippen LogP contribution in [0.1, 0.15) is 39.3 Å². The molecule has 0 radical (unpaired) electrons. The summed E-state index contributed by atoms with van der Waals surface area (Å²) in [6.45, 7) is 6.31. The second kappa shape index (κ2) is 12.2. The molecule has 3 nitrogen and oxygen atoms in total. The van der Waals surface area contributed by atoms with Crippen LogP contribution in [0.2, 0.25) is 0 Å². The Kier molecular flexibility index (Phi) is 9.16. The first kappa shape index (κ1) is 29.3. The molecule has 206 valence electrons. The fourth-order valence-corrected chi connectivity index (χ4v) is 6.19. The van der Waals surface area contributed by atoms with E-state index in [2.05, 4.69) is 12.1 Å². The molecule has 0 aliphatic carbocycles. The molecule has 0 amide bonds. The number of aliphatic hydroxyl groups excluding tert-OH is 1. The fraction of sp³-hybridized carbons (Fsp3) is 0.267. The zero-order chi connectivity index (χ0) is 28.3. The Morgan fingerprint density at radius 3 is 2.10 bits per heavy atom. The Balaban J connectivity index is 1.61. The van der Waals surface area contributed by atoms with Crippen LogP contribution in [-0.4, -0.2) is 15.7 Å². The summed E-state index contributed by atoms with van der Waals surface area (Å²) in [6.07, 6.45) is -2.71. The van der Waals surface area contributed by atoms with Crippen molar-refractivity contribution in [1.29, 1.82) is 0 Å². The third kappa shape index (κ3) is 7.08. The summed E-state index contributed by atoms with van der Waals surface area (Å²) in [5.41, 5.74) is 6.07. The van der Waals surface area contributed by atoms with Crippen molar-refractivity contribution < 1.29 is 27.1 Å². The van der Waals surface area contributed by atoms with Gasteiger partial charge >= 0.3 is 6.18 Å². The summed E-state index contributed by atoms with van der Waals surface area (Å²) in [5.74, 6) is -1.25. The molecule has 4 aromatic rings. The smallest absolute Gasteiger partial charge is 0.449 e. The first-order valence-electron chi connectivity index (χ1n) is 12.2. The number of rotatable bonds is 9. The summed E-state index contributed by atoms with van der Waals surface area (Å²) in [7, 11) is 0. The maximum Gasteiger partial charge on any atom is 0.449 e. The van der Waals surface area contributed by atoms with Crippen LogP contribution < -0.4 is 0 Å². The van der Waals surface area contributed by atoms with Crippen molar-refractivity contribution in [2.24, 2.45) is 0 Å². The lowest BCUT2D eigenvalue weighted by Gasteiger charge is -2.23. The van der Waals surface area contributed by atoms with E-state index in [0.29, 0.717) is 17.0 Å². The number of nitrogens with zero attached hydrogens (tertiary/aromatic N) is 1. The van der Waals surface area contributed by atoms with E-state index in [1.54, 1.807) is 0 Å². The van der Waals surface area contributed by atoms with Crippen molar-refractivity contribution in [3.05, 3.63) is 106 Å². The van der Waals surface area contributed by atoms with E-state index in [1.165, 1.54) is 35.8 Å². The van der Waals surface area contributed by atoms with Gasteiger partial charge in [-0.3, -0.25) is 0 Å². The number of thioether (sulfide) groups is 1. The SMILES string of the molecule is CSc1cc(-c2ccc(CN(Cc3ccc(C(F)(F)F)o3)Sc3c(C)cc(C)cc3C)cc2)cc(F)c1CO. The standard InChI is InChI=1S/C30H29F4NO2S2/c1-18-11-19(2)29(20(3)12-18)39-35(16-24-9-10-28(37-24)30(32,33)34)15-21-5-7-22(8-6-21)23-13-26(31)25(17-36)27(14-23)38-4/h5-14,36H,15-17H2,1-4H3. The van der Waals surface area contributed by atoms with Crippen molar-refractivity contribution >= 4 is 23.7 Å². The Bertz CT molecular complexity index is 1430. The summed E-state index contributed by atoms with van der Waals surface area (Å²) < 4.78 is 61.0. The highest BCUT2D eigenvalue weighted by Gasteiger charge is 2.35. The van der Waals surface area contributed by atoms with E-state index in [1.807, 2.05) is 61.7 Å². The second-order valence-electron chi connectivity index (χ2n) is 9.37. The number of hydrogen-bond acceptors (Lipinski definition) is 5. The second-order valence-corrected chi connectivity index (χ2v) is 11.3. The lowest BCUT2D eigenvalue weighted by molar-refractivity contribution is -0.153. The highest BCUT2D eigenvalue weighted by atomic mass is 32.2. The number of aliphatic hydroxyl groups is 1. The molecule has 0 bridgehead atoms. The molecule has 0 spiro atoms. The van der Waals surface area contributed by atoms with Crippen LogP contribution in [0.15, 0.2) is 74.9 Å². The minimum absolute atomic E-state index is 0.167. The number of furan rings is 1. The summed E-state index contributed by atoms with van der Waals surface area (Å²) in [6, 6.07) is 17.4. The summed E-state index contributed by atoms with van der Waals surface area (Å²) >= 11 is 2.86. The van der Waals surface area contributed by atoms with Crippen molar-refractivity contribution in [3.63, 3.8) is 0 Å². The van der Waals surface area contributed by atoms with Gasteiger partial charge in [-0.05, 0) is 91.1 Å². The lowest BCUT2D eigenvalue weighted by atomic mass is 10.0. The molecular formula is C30H29F4NO2S2. The van der Waals surface area contributed by atoms with Crippen LogP contribution in [-0.2, 0) is 25.9 Å². The predicted octanol–water partition coefficient (Wildman–Crippen LogP) is 8.95. The fourth-order valence-electron chi connectivity index (χ4n) is 4.47. The third-order valence-corrected chi connectivity index (χ3v) is 8.42. The van der Waals surface area contributed by atoms with E-state index in [-0.39, 0.29) is 24.5 Å². The highest BCUT2D eigenvalue weighted by molar-refractivity contribution is 7.98. The third-order valence-electron chi connectivity index (χ3n) is 6.28. The average Bonchev–Trinajstić information content (AvgIpc) is 3.35. The van der Waals surface area contributed by atoms with Crippen LogP contribution in [0.4, 0.5) is 17.6 Å². The molecule has 0 saturated carbocycles. The number of aryl methyl sites for hydroxylation is 3. The predicted molar refractivity (Wildman–Crippen MR) is 149 cm³/mol. The van der Waals surface area contributed by atoms with Crippen molar-refractivity contribution in [2.45, 2.75) is 56.4 Å². The monoisotopic (exact) mass is 575 g/mol. The minimum atomic E-state index is -4.54. The molecule has 0 aliphatic heterocycles. The van der Waals surface area contributed by atoms with Gasteiger partial charge in [0.1, 0.15) is 11.6 Å². The molecule has 9 heteroatoms. The van der Waals surface area contributed by atoms with Gasteiger partial charge in [-0.25, -0.2) is 8.70 Å². The zero-order valence-corrected chi connectivity index (χ0v) is 23.7. The van der Waals surface area contributed by atoms with Gasteiger partial charge in [0.25, 0.3) is 0 Å². The molecule has 39 heavy (non-hydrogen) atoms. The number of hydrogen-bond donors (Lipinski definition) is 1. The van der Waals surface area contributed by atoms with Gasteiger partial charge in [0.2, 0.25) is 5.76 Å². The largest absolute Gasteiger partial charge is 0.455 e. The summed E-state index contributed by atoms with van der Waals surface area (Å²) in [4.78, 5) is 1.73. The van der Waals surface area contributed by atoms with E-state index in [9.17, 15) is 22.7 Å². The molecule has 0 saturated heterocycles. The van der Waals surface area contributed by atoms with Crippen molar-refractivity contribution in [3.8, 4) is 11.1 Å². The van der Waals surface area contributed by atoms with E-state index in [0.717, 1.165) is 38.8 Å². The molecule has 0 aliphatic rings. The average molecular weight is 576 g/mol. The van der Waals surface area contributed by atoms with Crippen LogP contribution in [0.3, 0.4) is 0 Å². The van der Waals surface area contributed by atoms with Gasteiger partial charge in [0, 0.05) is 21.9 Å². The minimum Gasteiger partial charge on any atom is -0.455 e. The topological polar surface area (TPSA) is 36.6 Å². The number of halogens is 4. The molecule has 0 unspecified atom stereocenters. The summed E-state index contributed by atoms with van der Waals surface area (Å²) in [5, 5.41) is 9.49. The lowest BCUT2D eigenvalue weighted by Crippen LogP contribution is -2.15. The molecule has 1 aromatic heterocycles. The maximum absolute atomic E-state index is 14.6. The van der Waals surface area contributed by atoms with Gasteiger partial charge < -0.3 is 9.52 Å². The molecular weight excluding hydrogens is 546 g/mol. The Morgan fingerprint density at radius 1 is 0.872 bits per heavy atom. The number of alkyl halides is 3. The van der Waals surface area contributed by atoms with Gasteiger partial charge in [-0.1, -0.05) is 42.0 Å². The van der Waals surface area contributed by atoms with Gasteiger partial charge in [-0.15, -0.1) is 11.8 Å². The molecule has 4 rings (SSSR count). The Hall–Kier alpha value is -2.72. The van der Waals surface area contributed by atoms with E-state index in [4.69, 9.17) is 4.42 Å². The molecule has 1 heterocycles. The molecule has 1 N–H and O–H groups in total.